The first-order valence-electron chi connectivity index (χ1n) is 5.65. The quantitative estimate of drug-likeness (QED) is 0.848. The maximum Gasteiger partial charge on any atom is 0.283 e. The molecular formula is C11H14N4O2. The first-order chi connectivity index (χ1) is 8.31. The predicted molar refractivity (Wildman–Crippen MR) is 59.9 cm³/mol. The lowest BCUT2D eigenvalue weighted by Crippen LogP contribution is -2.26. The number of nitrogens with two attached hydrogens (primary N) is 1. The van der Waals surface area contributed by atoms with Crippen LogP contribution in [0.15, 0.2) is 27.2 Å². The molecule has 0 amide bonds. The topological polar surface area (TPSA) is 81.3 Å². The summed E-state index contributed by atoms with van der Waals surface area (Å²) in [6, 6.07) is 3.85. The highest BCUT2D eigenvalue weighted by molar-refractivity contribution is 5.42. The SMILES string of the molecule is NC1CCN(Cc2nnc(-c3ccco3)o2)C1. The molecule has 0 spiro atoms. The van der Waals surface area contributed by atoms with Gasteiger partial charge in [-0.1, -0.05) is 0 Å². The fraction of sp³-hybridized carbons (Fsp3) is 0.455. The van der Waals surface area contributed by atoms with Crippen molar-refractivity contribution in [3.8, 4) is 11.7 Å². The van der Waals surface area contributed by atoms with E-state index in [1.165, 1.54) is 0 Å². The Balaban J connectivity index is 1.69. The van der Waals surface area contributed by atoms with Gasteiger partial charge in [0.1, 0.15) is 0 Å². The van der Waals surface area contributed by atoms with Crippen LogP contribution in [0.4, 0.5) is 0 Å². The molecule has 6 nitrogen and oxygen atoms in total. The molecule has 1 saturated heterocycles. The Labute approximate surface area is 98.4 Å². The van der Waals surface area contributed by atoms with Crippen molar-refractivity contribution in [2.75, 3.05) is 13.1 Å². The molecule has 0 aromatic carbocycles. The zero-order valence-electron chi connectivity index (χ0n) is 9.37. The molecule has 6 heteroatoms. The third-order valence-corrected chi connectivity index (χ3v) is 2.87. The van der Waals surface area contributed by atoms with Gasteiger partial charge in [-0.3, -0.25) is 4.90 Å². The molecular weight excluding hydrogens is 220 g/mol. The Bertz CT molecular complexity index is 479. The van der Waals surface area contributed by atoms with E-state index in [0.717, 1.165) is 19.5 Å². The van der Waals surface area contributed by atoms with Crippen molar-refractivity contribution < 1.29 is 8.83 Å². The highest BCUT2D eigenvalue weighted by atomic mass is 16.4. The van der Waals surface area contributed by atoms with Crippen molar-refractivity contribution in [1.29, 1.82) is 0 Å². The second kappa shape index (κ2) is 4.31. The van der Waals surface area contributed by atoms with Crippen molar-refractivity contribution in [1.82, 2.24) is 15.1 Å². The van der Waals surface area contributed by atoms with Crippen LogP contribution < -0.4 is 5.73 Å². The van der Waals surface area contributed by atoms with Gasteiger partial charge in [0.2, 0.25) is 5.89 Å². The van der Waals surface area contributed by atoms with Crippen molar-refractivity contribution in [2.24, 2.45) is 5.73 Å². The van der Waals surface area contributed by atoms with Crippen molar-refractivity contribution in [3.05, 3.63) is 24.3 Å². The molecule has 1 atom stereocenters. The van der Waals surface area contributed by atoms with Gasteiger partial charge in [0, 0.05) is 19.1 Å². The molecule has 2 N–H and O–H groups in total. The van der Waals surface area contributed by atoms with E-state index in [0.29, 0.717) is 24.1 Å². The molecule has 0 aliphatic carbocycles. The van der Waals surface area contributed by atoms with Crippen molar-refractivity contribution >= 4 is 0 Å². The van der Waals surface area contributed by atoms with Crippen LogP contribution >= 0.6 is 0 Å². The van der Waals surface area contributed by atoms with Crippen LogP contribution in [0.3, 0.4) is 0 Å². The maximum absolute atomic E-state index is 5.84. The van der Waals surface area contributed by atoms with E-state index in [1.807, 2.05) is 0 Å². The molecule has 1 fully saturated rings. The standard InChI is InChI=1S/C11H14N4O2/c12-8-3-4-15(6-8)7-10-13-14-11(17-10)9-2-1-5-16-9/h1-2,5,8H,3-4,6-7,12H2. The average molecular weight is 234 g/mol. The largest absolute Gasteiger partial charge is 0.459 e. The molecule has 0 bridgehead atoms. The van der Waals surface area contributed by atoms with E-state index in [-0.39, 0.29) is 6.04 Å². The smallest absolute Gasteiger partial charge is 0.283 e. The number of hydrogen-bond acceptors (Lipinski definition) is 6. The molecule has 1 aliphatic heterocycles. The van der Waals surface area contributed by atoms with Gasteiger partial charge in [0.05, 0.1) is 12.8 Å². The molecule has 3 heterocycles. The average Bonchev–Trinajstić information content (AvgIpc) is 3.00. The van der Waals surface area contributed by atoms with E-state index in [1.54, 1.807) is 18.4 Å². The fourth-order valence-corrected chi connectivity index (χ4v) is 2.01. The molecule has 90 valence electrons. The van der Waals surface area contributed by atoms with Crippen LogP contribution in [0.2, 0.25) is 0 Å². The zero-order valence-corrected chi connectivity index (χ0v) is 9.37. The Morgan fingerprint density at radius 1 is 1.47 bits per heavy atom. The number of hydrogen-bond donors (Lipinski definition) is 1. The summed E-state index contributed by atoms with van der Waals surface area (Å²) in [5, 5.41) is 7.95. The molecule has 2 aromatic rings. The molecule has 17 heavy (non-hydrogen) atoms. The van der Waals surface area contributed by atoms with Crippen LogP contribution in [0, 0.1) is 0 Å². The van der Waals surface area contributed by atoms with Gasteiger partial charge >= 0.3 is 0 Å². The van der Waals surface area contributed by atoms with Gasteiger partial charge < -0.3 is 14.6 Å². The van der Waals surface area contributed by atoms with Crippen LogP contribution in [-0.2, 0) is 6.54 Å². The van der Waals surface area contributed by atoms with Crippen molar-refractivity contribution in [2.45, 2.75) is 19.0 Å². The fourth-order valence-electron chi connectivity index (χ4n) is 2.01. The summed E-state index contributed by atoms with van der Waals surface area (Å²) in [5.41, 5.74) is 5.84. The molecule has 1 unspecified atom stereocenters. The molecule has 3 rings (SSSR count). The minimum Gasteiger partial charge on any atom is -0.459 e. The van der Waals surface area contributed by atoms with E-state index >= 15 is 0 Å². The highest BCUT2D eigenvalue weighted by Crippen LogP contribution is 2.19. The summed E-state index contributed by atoms with van der Waals surface area (Å²) in [6.45, 7) is 2.53. The first kappa shape index (κ1) is 10.5. The first-order valence-corrected chi connectivity index (χ1v) is 5.65. The maximum atomic E-state index is 5.84. The van der Waals surface area contributed by atoms with Crippen LogP contribution in [0.25, 0.3) is 11.7 Å². The van der Waals surface area contributed by atoms with Crippen LogP contribution in [0.1, 0.15) is 12.3 Å². The summed E-state index contributed by atoms with van der Waals surface area (Å²) >= 11 is 0. The molecule has 2 aromatic heterocycles. The highest BCUT2D eigenvalue weighted by Gasteiger charge is 2.21. The van der Waals surface area contributed by atoms with Gasteiger partial charge in [0.25, 0.3) is 5.89 Å². The van der Waals surface area contributed by atoms with Gasteiger partial charge in [-0.2, -0.15) is 0 Å². The lowest BCUT2D eigenvalue weighted by atomic mass is 10.3. The Morgan fingerprint density at radius 3 is 3.12 bits per heavy atom. The van der Waals surface area contributed by atoms with Gasteiger partial charge in [-0.15, -0.1) is 10.2 Å². The lowest BCUT2D eigenvalue weighted by Gasteiger charge is -2.11. The van der Waals surface area contributed by atoms with Crippen LogP contribution in [0.5, 0.6) is 0 Å². The second-order valence-electron chi connectivity index (χ2n) is 4.26. The Hall–Kier alpha value is -1.66. The zero-order chi connectivity index (χ0) is 11.7. The third-order valence-electron chi connectivity index (χ3n) is 2.87. The monoisotopic (exact) mass is 234 g/mol. The Morgan fingerprint density at radius 2 is 2.41 bits per heavy atom. The normalized spacial score (nSPS) is 21.1. The lowest BCUT2D eigenvalue weighted by molar-refractivity contribution is 0.288. The summed E-state index contributed by atoms with van der Waals surface area (Å²) in [4.78, 5) is 2.21. The van der Waals surface area contributed by atoms with E-state index in [9.17, 15) is 0 Å². The summed E-state index contributed by atoms with van der Waals surface area (Å²) in [6.07, 6.45) is 2.61. The predicted octanol–water partition coefficient (Wildman–Crippen LogP) is 0.863. The van der Waals surface area contributed by atoms with E-state index < -0.39 is 0 Å². The van der Waals surface area contributed by atoms with Gasteiger partial charge in [-0.05, 0) is 18.6 Å². The minimum atomic E-state index is 0.266. The number of furan rings is 1. The number of likely N-dealkylation sites (tertiary alicyclic amines) is 1. The summed E-state index contributed by atoms with van der Waals surface area (Å²) in [7, 11) is 0. The second-order valence-corrected chi connectivity index (χ2v) is 4.26. The molecule has 0 saturated carbocycles. The third kappa shape index (κ3) is 2.22. The number of nitrogens with zero attached hydrogens (tertiary/aromatic N) is 3. The summed E-state index contributed by atoms with van der Waals surface area (Å²) in [5.74, 6) is 1.63. The number of rotatable bonds is 3. The molecule has 1 aliphatic rings. The Kier molecular flexibility index (Phi) is 2.66. The van der Waals surface area contributed by atoms with E-state index in [4.69, 9.17) is 14.6 Å². The van der Waals surface area contributed by atoms with E-state index in [2.05, 4.69) is 15.1 Å². The number of aromatic nitrogens is 2. The minimum absolute atomic E-state index is 0.266. The summed E-state index contributed by atoms with van der Waals surface area (Å²) < 4.78 is 10.7. The van der Waals surface area contributed by atoms with Crippen molar-refractivity contribution in [3.63, 3.8) is 0 Å². The van der Waals surface area contributed by atoms with Gasteiger partial charge in [0.15, 0.2) is 5.76 Å². The van der Waals surface area contributed by atoms with Gasteiger partial charge in [-0.25, -0.2) is 0 Å². The van der Waals surface area contributed by atoms with Crippen LogP contribution in [-0.4, -0.2) is 34.2 Å². The molecule has 0 radical (unpaired) electrons.